The summed E-state index contributed by atoms with van der Waals surface area (Å²) in [5.74, 6) is -1.09. The minimum Gasteiger partial charge on any atom is -0.493 e. The van der Waals surface area contributed by atoms with Crippen LogP contribution in [0.1, 0.15) is 29.8 Å². The maximum Gasteiger partial charge on any atom is 0.573 e. The molecule has 0 radical (unpaired) electrons. The first-order chi connectivity index (χ1) is 26.1. The lowest BCUT2D eigenvalue weighted by atomic mass is 10.1. The van der Waals surface area contributed by atoms with Crippen LogP contribution in [0.5, 0.6) is 28.7 Å². The van der Waals surface area contributed by atoms with Crippen LogP contribution < -0.4 is 29.8 Å². The van der Waals surface area contributed by atoms with Gasteiger partial charge >= 0.3 is 6.36 Å². The second-order valence-corrected chi connectivity index (χ2v) is 12.4. The fraction of sp³-hybridized carbons (Fsp3) is 0.231. The van der Waals surface area contributed by atoms with Crippen LogP contribution in [0, 0.1) is 5.82 Å². The van der Waals surface area contributed by atoms with E-state index in [1.807, 2.05) is 0 Å². The largest absolute Gasteiger partial charge is 0.573 e. The molecule has 54 heavy (non-hydrogen) atoms. The number of aromatic nitrogens is 3. The molecule has 278 valence electrons. The highest BCUT2D eigenvalue weighted by Crippen LogP contribution is 2.38. The van der Waals surface area contributed by atoms with Gasteiger partial charge in [0.15, 0.2) is 28.8 Å². The van der Waals surface area contributed by atoms with Crippen molar-refractivity contribution in [2.45, 2.75) is 25.6 Å². The van der Waals surface area contributed by atoms with E-state index in [9.17, 15) is 22.8 Å². The SMILES string of the molecule is COc1cc2c(Oc3ccc(NC(=O)c4nc5ccccc5n(-c5ccc(OC(F)(F)F)cc5)c4=O)cc3F)ccnc2cc1OCCCN1CCCC1. The number of hydrogen-bond donors (Lipinski definition) is 1. The number of nitrogens with zero attached hydrogens (tertiary/aromatic N) is 4. The Balaban J connectivity index is 1.09. The van der Waals surface area contributed by atoms with Crippen molar-refractivity contribution >= 4 is 33.5 Å². The van der Waals surface area contributed by atoms with Gasteiger partial charge in [-0.2, -0.15) is 0 Å². The first-order valence-corrected chi connectivity index (χ1v) is 17.0. The van der Waals surface area contributed by atoms with Gasteiger partial charge in [-0.3, -0.25) is 19.1 Å². The monoisotopic (exact) mass is 743 g/mol. The zero-order chi connectivity index (χ0) is 37.8. The quantitative estimate of drug-likeness (QED) is 0.0987. The Morgan fingerprint density at radius 2 is 1.67 bits per heavy atom. The van der Waals surface area contributed by atoms with E-state index >= 15 is 4.39 Å². The van der Waals surface area contributed by atoms with Crippen molar-refractivity contribution < 1.29 is 41.3 Å². The summed E-state index contributed by atoms with van der Waals surface area (Å²) in [6, 6.07) is 19.8. The van der Waals surface area contributed by atoms with Gasteiger partial charge in [-0.1, -0.05) is 12.1 Å². The third kappa shape index (κ3) is 8.05. The van der Waals surface area contributed by atoms with Crippen LogP contribution in [0.3, 0.4) is 0 Å². The number of rotatable bonds is 12. The van der Waals surface area contributed by atoms with Crippen molar-refractivity contribution in [2.24, 2.45) is 0 Å². The molecule has 1 saturated heterocycles. The van der Waals surface area contributed by atoms with Crippen molar-refractivity contribution in [3.05, 3.63) is 113 Å². The van der Waals surface area contributed by atoms with E-state index in [0.29, 0.717) is 40.3 Å². The number of amides is 1. The van der Waals surface area contributed by atoms with Crippen molar-refractivity contribution in [3.8, 4) is 34.4 Å². The molecule has 3 heterocycles. The van der Waals surface area contributed by atoms with Crippen LogP contribution >= 0.6 is 0 Å². The number of ether oxygens (including phenoxy) is 4. The van der Waals surface area contributed by atoms with E-state index in [-0.39, 0.29) is 22.6 Å². The number of halogens is 4. The van der Waals surface area contributed by atoms with Gasteiger partial charge < -0.3 is 29.2 Å². The Morgan fingerprint density at radius 1 is 0.889 bits per heavy atom. The van der Waals surface area contributed by atoms with Crippen LogP contribution in [-0.4, -0.2) is 65.1 Å². The zero-order valence-electron chi connectivity index (χ0n) is 28.9. The lowest BCUT2D eigenvalue weighted by molar-refractivity contribution is -0.274. The van der Waals surface area contributed by atoms with E-state index in [1.165, 1.54) is 50.4 Å². The minimum absolute atomic E-state index is 0.00666. The Labute approximate surface area is 305 Å². The predicted molar refractivity (Wildman–Crippen MR) is 193 cm³/mol. The minimum atomic E-state index is -4.90. The van der Waals surface area contributed by atoms with Crippen LogP contribution in [0.4, 0.5) is 23.2 Å². The molecule has 0 atom stereocenters. The topological polar surface area (TPSA) is 117 Å². The average molecular weight is 744 g/mol. The zero-order valence-corrected chi connectivity index (χ0v) is 28.9. The normalized spacial score (nSPS) is 13.3. The summed E-state index contributed by atoms with van der Waals surface area (Å²) in [5.41, 5.74) is -0.116. The molecular weight excluding hydrogens is 710 g/mol. The van der Waals surface area contributed by atoms with Crippen molar-refractivity contribution in [2.75, 3.05) is 38.7 Å². The number of benzene rings is 4. The summed E-state index contributed by atoms with van der Waals surface area (Å²) in [6.07, 6.45) is -0.0465. The van der Waals surface area contributed by atoms with E-state index in [2.05, 4.69) is 24.9 Å². The van der Waals surface area contributed by atoms with E-state index in [1.54, 1.807) is 42.5 Å². The van der Waals surface area contributed by atoms with Crippen molar-refractivity contribution in [1.29, 1.82) is 0 Å². The molecule has 1 amide bonds. The second-order valence-electron chi connectivity index (χ2n) is 12.4. The van der Waals surface area contributed by atoms with Gasteiger partial charge in [-0.25, -0.2) is 9.37 Å². The molecule has 0 bridgehead atoms. The number of carbonyl (C=O) groups excluding carboxylic acids is 1. The van der Waals surface area contributed by atoms with Crippen LogP contribution in [0.15, 0.2) is 95.9 Å². The number of fused-ring (bicyclic) bond motifs is 2. The molecule has 6 aromatic rings. The van der Waals surface area contributed by atoms with Crippen LogP contribution in [0.2, 0.25) is 0 Å². The molecule has 4 aromatic carbocycles. The van der Waals surface area contributed by atoms with Gasteiger partial charge in [0.1, 0.15) is 11.5 Å². The number of hydrogen-bond acceptors (Lipinski definition) is 9. The van der Waals surface area contributed by atoms with Gasteiger partial charge in [0.25, 0.3) is 11.5 Å². The highest BCUT2D eigenvalue weighted by molar-refractivity contribution is 6.03. The third-order valence-corrected chi connectivity index (χ3v) is 8.78. The number of alkyl halides is 3. The molecule has 0 aliphatic carbocycles. The summed E-state index contributed by atoms with van der Waals surface area (Å²) in [6.45, 7) is 3.70. The predicted octanol–water partition coefficient (Wildman–Crippen LogP) is 7.89. The molecule has 0 spiro atoms. The highest BCUT2D eigenvalue weighted by atomic mass is 19.4. The molecule has 2 aromatic heterocycles. The van der Waals surface area contributed by atoms with E-state index < -0.39 is 35.1 Å². The Kier molecular flexibility index (Phi) is 10.3. The molecule has 1 fully saturated rings. The van der Waals surface area contributed by atoms with Gasteiger partial charge in [-0.15, -0.1) is 13.2 Å². The fourth-order valence-corrected chi connectivity index (χ4v) is 6.27. The second kappa shape index (κ2) is 15.4. The third-order valence-electron chi connectivity index (χ3n) is 8.78. The number of carbonyl (C=O) groups is 1. The molecule has 15 heteroatoms. The summed E-state index contributed by atoms with van der Waals surface area (Å²) in [5, 5.41) is 3.05. The molecular formula is C39H33F4N5O6. The lowest BCUT2D eigenvalue weighted by Gasteiger charge is -2.16. The summed E-state index contributed by atoms with van der Waals surface area (Å²) < 4.78 is 76.2. The summed E-state index contributed by atoms with van der Waals surface area (Å²) in [7, 11) is 1.53. The molecule has 0 unspecified atom stereocenters. The first-order valence-electron chi connectivity index (χ1n) is 17.0. The molecule has 11 nitrogen and oxygen atoms in total. The maximum absolute atomic E-state index is 15.5. The van der Waals surface area contributed by atoms with Crippen molar-refractivity contribution in [3.63, 3.8) is 0 Å². The summed E-state index contributed by atoms with van der Waals surface area (Å²) in [4.78, 5) is 38.2. The number of likely N-dealkylation sites (tertiary alicyclic amines) is 1. The molecule has 1 N–H and O–H groups in total. The van der Waals surface area contributed by atoms with Gasteiger partial charge in [0.2, 0.25) is 0 Å². The van der Waals surface area contributed by atoms with Crippen LogP contribution in [-0.2, 0) is 0 Å². The molecule has 7 rings (SSSR count). The number of nitrogens with one attached hydrogen (secondary N) is 1. The lowest BCUT2D eigenvalue weighted by Crippen LogP contribution is -2.30. The fourth-order valence-electron chi connectivity index (χ4n) is 6.27. The number of pyridine rings is 1. The number of anilines is 1. The van der Waals surface area contributed by atoms with Crippen LogP contribution in [0.25, 0.3) is 27.6 Å². The molecule has 1 aliphatic rings. The first kappa shape index (κ1) is 36.2. The molecule has 1 aliphatic heterocycles. The number of methoxy groups -OCH3 is 1. The Morgan fingerprint density at radius 3 is 2.41 bits per heavy atom. The van der Waals surface area contributed by atoms with Gasteiger partial charge in [0, 0.05) is 41.6 Å². The Bertz CT molecular complexity index is 2380. The standard InChI is InChI=1S/C39H33F4N5O6/c1-51-34-22-27-30(23-35(34)52-20-6-19-47-17-4-5-18-47)44-16-15-32(27)53-33-14-9-24(21-28(33)40)45-37(49)36-38(50)48(31-8-3-2-7-29(31)46-36)25-10-12-26(13-11-25)54-39(41,42)43/h2-3,7-16,21-23H,4-6,17-20H2,1H3,(H,45,49). The van der Waals surface area contributed by atoms with Gasteiger partial charge in [0.05, 0.1) is 30.3 Å². The summed E-state index contributed by atoms with van der Waals surface area (Å²) >= 11 is 0. The number of para-hydroxylation sites is 2. The van der Waals surface area contributed by atoms with E-state index in [0.717, 1.165) is 48.8 Å². The van der Waals surface area contributed by atoms with Gasteiger partial charge in [-0.05, 0) is 93.0 Å². The maximum atomic E-state index is 15.5. The average Bonchev–Trinajstić information content (AvgIpc) is 3.67. The van der Waals surface area contributed by atoms with Crippen molar-refractivity contribution in [1.82, 2.24) is 19.4 Å². The Hall–Kier alpha value is -6.22. The van der Waals surface area contributed by atoms with E-state index in [4.69, 9.17) is 14.2 Å². The smallest absolute Gasteiger partial charge is 0.493 e. The highest BCUT2D eigenvalue weighted by Gasteiger charge is 2.31. The molecule has 0 saturated carbocycles.